The zero-order valence-corrected chi connectivity index (χ0v) is 11.2. The highest BCUT2D eigenvalue weighted by atomic mass is 15.2. The molecule has 0 aliphatic carbocycles. The molecule has 0 radical (unpaired) electrons. The first kappa shape index (κ1) is 11.8. The summed E-state index contributed by atoms with van der Waals surface area (Å²) in [6, 6.07) is 8.93. The molecule has 0 spiro atoms. The predicted octanol–water partition coefficient (Wildman–Crippen LogP) is 1.89. The van der Waals surface area contributed by atoms with Crippen LogP contribution in [0.1, 0.15) is 11.3 Å². The maximum absolute atomic E-state index is 3.41. The number of fused-ring (bicyclic) bond motifs is 1. The van der Waals surface area contributed by atoms with Gasteiger partial charge in [0, 0.05) is 50.9 Å². The summed E-state index contributed by atoms with van der Waals surface area (Å²) in [6.45, 7) is 7.77. The van der Waals surface area contributed by atoms with Gasteiger partial charge in [0.05, 0.1) is 5.52 Å². The molecular weight excluding hydrogens is 222 g/mol. The van der Waals surface area contributed by atoms with Crippen molar-refractivity contribution in [2.75, 3.05) is 26.2 Å². The quantitative estimate of drug-likeness (QED) is 0.869. The average molecular weight is 243 g/mol. The van der Waals surface area contributed by atoms with Gasteiger partial charge in [0.15, 0.2) is 0 Å². The van der Waals surface area contributed by atoms with Crippen LogP contribution in [0.5, 0.6) is 0 Å². The molecule has 1 aliphatic rings. The Morgan fingerprint density at radius 2 is 2.00 bits per heavy atom. The van der Waals surface area contributed by atoms with E-state index in [1.807, 2.05) is 0 Å². The Balaban J connectivity index is 1.95. The molecule has 2 heterocycles. The number of aryl methyl sites for hydroxylation is 2. The lowest BCUT2D eigenvalue weighted by molar-refractivity contribution is 0.234. The molecule has 0 amide bonds. The lowest BCUT2D eigenvalue weighted by Gasteiger charge is -2.27. The number of nitrogens with zero attached hydrogens (tertiary/aromatic N) is 2. The predicted molar refractivity (Wildman–Crippen MR) is 75.8 cm³/mol. The fourth-order valence-electron chi connectivity index (χ4n) is 2.87. The highest BCUT2D eigenvalue weighted by molar-refractivity contribution is 5.84. The van der Waals surface area contributed by atoms with Gasteiger partial charge in [-0.15, -0.1) is 0 Å². The lowest BCUT2D eigenvalue weighted by Crippen LogP contribution is -2.42. The van der Waals surface area contributed by atoms with Crippen LogP contribution in [0.4, 0.5) is 0 Å². The largest absolute Gasteiger partial charge is 0.348 e. The van der Waals surface area contributed by atoms with Crippen molar-refractivity contribution in [3.63, 3.8) is 0 Å². The van der Waals surface area contributed by atoms with Gasteiger partial charge in [-0.2, -0.15) is 0 Å². The van der Waals surface area contributed by atoms with Crippen molar-refractivity contribution in [3.8, 4) is 0 Å². The molecule has 3 nitrogen and oxygen atoms in total. The Bertz CT molecular complexity index is 550. The van der Waals surface area contributed by atoms with Crippen LogP contribution in [0.3, 0.4) is 0 Å². The third kappa shape index (κ3) is 2.04. The van der Waals surface area contributed by atoms with Crippen molar-refractivity contribution in [2.45, 2.75) is 13.5 Å². The van der Waals surface area contributed by atoms with Crippen LogP contribution in [0.25, 0.3) is 10.9 Å². The first-order chi connectivity index (χ1) is 8.75. The SMILES string of the molecule is Cc1cc2cccc(CN3CCNCC3)c2n1C. The van der Waals surface area contributed by atoms with E-state index in [0.29, 0.717) is 0 Å². The standard InChI is InChI=1S/C15H21N3/c1-12-10-13-4-3-5-14(15(13)17(12)2)11-18-8-6-16-7-9-18/h3-5,10,16H,6-9,11H2,1-2H3. The second kappa shape index (κ2) is 4.75. The lowest BCUT2D eigenvalue weighted by atomic mass is 10.1. The number of aromatic nitrogens is 1. The summed E-state index contributed by atoms with van der Waals surface area (Å²) >= 11 is 0. The normalized spacial score (nSPS) is 17.4. The molecule has 0 bridgehead atoms. The molecule has 1 aliphatic heterocycles. The van der Waals surface area contributed by atoms with Crippen LogP contribution < -0.4 is 5.32 Å². The van der Waals surface area contributed by atoms with Crippen molar-refractivity contribution in [1.29, 1.82) is 0 Å². The minimum atomic E-state index is 1.07. The monoisotopic (exact) mass is 243 g/mol. The van der Waals surface area contributed by atoms with E-state index in [1.165, 1.54) is 22.2 Å². The summed E-state index contributed by atoms with van der Waals surface area (Å²) in [7, 11) is 2.17. The summed E-state index contributed by atoms with van der Waals surface area (Å²) in [5.41, 5.74) is 4.18. The van der Waals surface area contributed by atoms with Gasteiger partial charge in [-0.1, -0.05) is 18.2 Å². The van der Waals surface area contributed by atoms with E-state index >= 15 is 0 Å². The Hall–Kier alpha value is -1.32. The van der Waals surface area contributed by atoms with Crippen molar-refractivity contribution in [1.82, 2.24) is 14.8 Å². The topological polar surface area (TPSA) is 20.2 Å². The number of nitrogens with one attached hydrogen (secondary N) is 1. The third-order valence-corrected chi connectivity index (χ3v) is 3.98. The van der Waals surface area contributed by atoms with Crippen LogP contribution in [0.2, 0.25) is 0 Å². The van der Waals surface area contributed by atoms with Gasteiger partial charge in [0.25, 0.3) is 0 Å². The number of hydrogen-bond donors (Lipinski definition) is 1. The summed E-state index contributed by atoms with van der Waals surface area (Å²) < 4.78 is 2.31. The molecule has 0 unspecified atom stereocenters. The molecule has 1 aromatic carbocycles. The number of piperazine rings is 1. The molecule has 2 aromatic rings. The van der Waals surface area contributed by atoms with Crippen LogP contribution >= 0.6 is 0 Å². The summed E-state index contributed by atoms with van der Waals surface area (Å²) in [5, 5.41) is 4.77. The second-order valence-corrected chi connectivity index (χ2v) is 5.23. The highest BCUT2D eigenvalue weighted by Crippen LogP contribution is 2.23. The molecule has 0 atom stereocenters. The van der Waals surface area contributed by atoms with Crippen molar-refractivity contribution in [2.24, 2.45) is 7.05 Å². The number of rotatable bonds is 2. The van der Waals surface area contributed by atoms with E-state index in [1.54, 1.807) is 0 Å². The van der Waals surface area contributed by atoms with E-state index in [4.69, 9.17) is 0 Å². The first-order valence-corrected chi connectivity index (χ1v) is 6.73. The van der Waals surface area contributed by atoms with Crippen molar-refractivity contribution in [3.05, 3.63) is 35.5 Å². The van der Waals surface area contributed by atoms with Crippen LogP contribution in [0.15, 0.2) is 24.3 Å². The second-order valence-electron chi connectivity index (χ2n) is 5.23. The molecule has 0 saturated carbocycles. The molecule has 1 saturated heterocycles. The zero-order chi connectivity index (χ0) is 12.5. The van der Waals surface area contributed by atoms with E-state index in [9.17, 15) is 0 Å². The van der Waals surface area contributed by atoms with Crippen LogP contribution in [-0.4, -0.2) is 35.6 Å². The molecule has 1 aromatic heterocycles. The Morgan fingerprint density at radius 1 is 1.22 bits per heavy atom. The minimum absolute atomic E-state index is 1.07. The first-order valence-electron chi connectivity index (χ1n) is 6.73. The Kier molecular flexibility index (Phi) is 3.10. The number of para-hydroxylation sites is 1. The van der Waals surface area contributed by atoms with Crippen LogP contribution in [-0.2, 0) is 13.6 Å². The summed E-state index contributed by atoms with van der Waals surface area (Å²) in [6.07, 6.45) is 0. The Morgan fingerprint density at radius 3 is 2.78 bits per heavy atom. The minimum Gasteiger partial charge on any atom is -0.348 e. The molecule has 1 N–H and O–H groups in total. The van der Waals surface area contributed by atoms with Gasteiger partial charge in [-0.3, -0.25) is 4.90 Å². The van der Waals surface area contributed by atoms with E-state index in [0.717, 1.165) is 32.7 Å². The molecule has 3 heteroatoms. The van der Waals surface area contributed by atoms with Crippen molar-refractivity contribution >= 4 is 10.9 Å². The summed E-state index contributed by atoms with van der Waals surface area (Å²) in [4.78, 5) is 2.54. The Labute approximate surface area is 108 Å². The van der Waals surface area contributed by atoms with Crippen molar-refractivity contribution < 1.29 is 0 Å². The highest BCUT2D eigenvalue weighted by Gasteiger charge is 2.13. The molecular formula is C15H21N3. The fraction of sp³-hybridized carbons (Fsp3) is 0.467. The molecule has 96 valence electrons. The smallest absolute Gasteiger partial charge is 0.0525 e. The fourth-order valence-corrected chi connectivity index (χ4v) is 2.87. The van der Waals surface area contributed by atoms with Gasteiger partial charge in [0.1, 0.15) is 0 Å². The molecule has 3 rings (SSSR count). The summed E-state index contributed by atoms with van der Waals surface area (Å²) in [5.74, 6) is 0. The maximum Gasteiger partial charge on any atom is 0.0525 e. The molecule has 18 heavy (non-hydrogen) atoms. The number of benzene rings is 1. The maximum atomic E-state index is 3.41. The average Bonchev–Trinajstić information content (AvgIpc) is 2.67. The third-order valence-electron chi connectivity index (χ3n) is 3.98. The van der Waals surface area contributed by atoms with Gasteiger partial charge in [0.2, 0.25) is 0 Å². The van der Waals surface area contributed by atoms with Gasteiger partial charge in [-0.25, -0.2) is 0 Å². The van der Waals surface area contributed by atoms with E-state index in [-0.39, 0.29) is 0 Å². The number of hydrogen-bond acceptors (Lipinski definition) is 2. The van der Waals surface area contributed by atoms with Gasteiger partial charge < -0.3 is 9.88 Å². The van der Waals surface area contributed by atoms with E-state index in [2.05, 4.69) is 53.0 Å². The van der Waals surface area contributed by atoms with Crippen LogP contribution in [0, 0.1) is 6.92 Å². The van der Waals surface area contributed by atoms with Gasteiger partial charge >= 0.3 is 0 Å². The van der Waals surface area contributed by atoms with Gasteiger partial charge in [-0.05, 0) is 18.6 Å². The zero-order valence-electron chi connectivity index (χ0n) is 11.2. The molecule has 1 fully saturated rings. The van der Waals surface area contributed by atoms with E-state index < -0.39 is 0 Å².